The second-order valence-electron chi connectivity index (χ2n) is 9.12. The van der Waals surface area contributed by atoms with Crippen molar-refractivity contribution >= 4 is 16.9 Å². The molecule has 30 heavy (non-hydrogen) atoms. The van der Waals surface area contributed by atoms with Crippen LogP contribution in [-0.2, 0) is 14.2 Å². The van der Waals surface area contributed by atoms with Crippen molar-refractivity contribution < 1.29 is 14.2 Å². The monoisotopic (exact) mass is 413 g/mol. The molecule has 4 aliphatic heterocycles. The lowest BCUT2D eigenvalue weighted by atomic mass is 10.1. The van der Waals surface area contributed by atoms with E-state index in [2.05, 4.69) is 29.3 Å². The molecule has 4 aliphatic rings. The highest BCUT2D eigenvalue weighted by molar-refractivity contribution is 5.88. The highest BCUT2D eigenvalue weighted by Crippen LogP contribution is 2.36. The lowest BCUT2D eigenvalue weighted by Crippen LogP contribution is -2.44. The van der Waals surface area contributed by atoms with Gasteiger partial charge in [0.05, 0.1) is 36.9 Å². The fourth-order valence-electron chi connectivity index (χ4n) is 5.39. The summed E-state index contributed by atoms with van der Waals surface area (Å²) in [5.74, 6) is 0.998. The first kappa shape index (κ1) is 19.0. The Morgan fingerprint density at radius 2 is 2.03 bits per heavy atom. The van der Waals surface area contributed by atoms with E-state index in [-0.39, 0.29) is 12.3 Å². The standard InChI is InChI=1S/C22H31N5O3/c1-14-12-28-11-9-26(14)22-16-6-8-18(20-17-7-5-15(23-17)13-30-20)24-21(16)27(25-22)19-4-2-3-10-29-19/h6,8,14-15,17,19-20,23H,2-5,7,9-13H2,1H3/t14-,15?,17?,19?,20?/m1/s1. The molecule has 162 valence electrons. The van der Waals surface area contributed by atoms with E-state index in [1.165, 1.54) is 6.42 Å². The van der Waals surface area contributed by atoms with Gasteiger partial charge in [0, 0.05) is 25.2 Å². The zero-order chi connectivity index (χ0) is 20.1. The van der Waals surface area contributed by atoms with E-state index in [9.17, 15) is 0 Å². The van der Waals surface area contributed by atoms with E-state index in [0.717, 1.165) is 81.2 Å². The number of pyridine rings is 1. The van der Waals surface area contributed by atoms with Gasteiger partial charge in [0.25, 0.3) is 0 Å². The predicted octanol–water partition coefficient (Wildman–Crippen LogP) is 2.55. The van der Waals surface area contributed by atoms with E-state index in [1.807, 2.05) is 4.68 Å². The Labute approximate surface area is 176 Å². The molecule has 4 unspecified atom stereocenters. The first-order valence-electron chi connectivity index (χ1n) is 11.5. The maximum absolute atomic E-state index is 6.21. The van der Waals surface area contributed by atoms with Gasteiger partial charge in [0.2, 0.25) is 0 Å². The maximum Gasteiger partial charge on any atom is 0.163 e. The summed E-state index contributed by atoms with van der Waals surface area (Å²) < 4.78 is 20.0. The Balaban J connectivity index is 1.42. The predicted molar refractivity (Wildman–Crippen MR) is 113 cm³/mol. The summed E-state index contributed by atoms with van der Waals surface area (Å²) in [6.45, 7) is 6.05. The summed E-state index contributed by atoms with van der Waals surface area (Å²) in [7, 11) is 0. The molecule has 0 aromatic carbocycles. The SMILES string of the molecule is C[C@@H]1COCCN1c1nn(C2CCCCO2)c2nc(C3OCC4CCC3N4)ccc12. The first-order valence-corrected chi connectivity index (χ1v) is 11.5. The molecule has 0 aliphatic carbocycles. The highest BCUT2D eigenvalue weighted by atomic mass is 16.5. The van der Waals surface area contributed by atoms with E-state index in [1.54, 1.807) is 0 Å². The van der Waals surface area contributed by atoms with E-state index in [4.69, 9.17) is 24.3 Å². The molecular weight excluding hydrogens is 382 g/mol. The highest BCUT2D eigenvalue weighted by Gasteiger charge is 2.38. The molecule has 1 N–H and O–H groups in total. The van der Waals surface area contributed by atoms with Gasteiger partial charge in [-0.25, -0.2) is 9.67 Å². The molecule has 2 aromatic heterocycles. The molecule has 6 heterocycles. The van der Waals surface area contributed by atoms with Gasteiger partial charge >= 0.3 is 0 Å². The van der Waals surface area contributed by atoms with E-state index >= 15 is 0 Å². The van der Waals surface area contributed by atoms with Gasteiger partial charge in [0.1, 0.15) is 6.10 Å². The van der Waals surface area contributed by atoms with Gasteiger partial charge in [-0.3, -0.25) is 0 Å². The Kier molecular flexibility index (Phi) is 4.90. The lowest BCUT2D eigenvalue weighted by Gasteiger charge is -2.33. The summed E-state index contributed by atoms with van der Waals surface area (Å²) in [6, 6.07) is 5.47. The van der Waals surface area contributed by atoms with Crippen molar-refractivity contribution in [2.45, 2.75) is 69.5 Å². The van der Waals surface area contributed by atoms with Crippen LogP contribution < -0.4 is 10.2 Å². The average molecular weight is 414 g/mol. The fourth-order valence-corrected chi connectivity index (χ4v) is 5.39. The van der Waals surface area contributed by atoms with Gasteiger partial charge in [-0.15, -0.1) is 0 Å². The molecule has 0 spiro atoms. The van der Waals surface area contributed by atoms with Crippen LogP contribution >= 0.6 is 0 Å². The van der Waals surface area contributed by atoms with E-state index < -0.39 is 0 Å². The van der Waals surface area contributed by atoms with Crippen molar-refractivity contribution in [1.29, 1.82) is 0 Å². The van der Waals surface area contributed by atoms with Gasteiger partial charge in [-0.2, -0.15) is 5.10 Å². The quantitative estimate of drug-likeness (QED) is 0.829. The van der Waals surface area contributed by atoms with Crippen LogP contribution in [0.25, 0.3) is 11.0 Å². The van der Waals surface area contributed by atoms with Crippen LogP contribution in [0.4, 0.5) is 5.82 Å². The van der Waals surface area contributed by atoms with Gasteiger partial charge < -0.3 is 24.4 Å². The molecule has 0 saturated carbocycles. The van der Waals surface area contributed by atoms with Crippen LogP contribution in [0.15, 0.2) is 12.1 Å². The summed E-state index contributed by atoms with van der Waals surface area (Å²) in [4.78, 5) is 7.48. The van der Waals surface area contributed by atoms with Crippen LogP contribution in [0.1, 0.15) is 57.1 Å². The number of morpholine rings is 2. The largest absolute Gasteiger partial charge is 0.377 e. The van der Waals surface area contributed by atoms with Gasteiger partial charge in [-0.05, 0) is 51.2 Å². The van der Waals surface area contributed by atoms with Crippen LogP contribution in [0, 0.1) is 0 Å². The van der Waals surface area contributed by atoms with Crippen molar-refractivity contribution in [1.82, 2.24) is 20.1 Å². The number of anilines is 1. The van der Waals surface area contributed by atoms with Crippen LogP contribution in [0.2, 0.25) is 0 Å². The summed E-state index contributed by atoms with van der Waals surface area (Å²) in [5.41, 5.74) is 1.91. The molecule has 5 atom stereocenters. The molecule has 2 bridgehead atoms. The normalized spacial score (nSPS) is 34.6. The third kappa shape index (κ3) is 3.21. The Hall–Kier alpha value is -1.74. The molecule has 4 saturated heterocycles. The lowest BCUT2D eigenvalue weighted by molar-refractivity contribution is -0.0371. The molecular formula is C22H31N5O3. The molecule has 8 heteroatoms. The number of aromatic nitrogens is 3. The summed E-state index contributed by atoms with van der Waals surface area (Å²) >= 11 is 0. The molecule has 8 nitrogen and oxygen atoms in total. The summed E-state index contributed by atoms with van der Waals surface area (Å²) in [5, 5.41) is 9.85. The Morgan fingerprint density at radius 1 is 1.07 bits per heavy atom. The minimum Gasteiger partial charge on any atom is -0.377 e. The fraction of sp³-hybridized carbons (Fsp3) is 0.727. The zero-order valence-electron chi connectivity index (χ0n) is 17.6. The number of rotatable bonds is 3. The second kappa shape index (κ2) is 7.75. The van der Waals surface area contributed by atoms with Gasteiger partial charge in [-0.1, -0.05) is 0 Å². The number of hydrogen-bond acceptors (Lipinski definition) is 7. The molecule has 6 rings (SSSR count). The molecule has 0 radical (unpaired) electrons. The first-order chi connectivity index (χ1) is 14.8. The van der Waals surface area contributed by atoms with Crippen molar-refractivity contribution in [3.8, 4) is 0 Å². The third-order valence-electron chi connectivity index (χ3n) is 7.03. The maximum atomic E-state index is 6.21. The molecule has 2 aromatic rings. The second-order valence-corrected chi connectivity index (χ2v) is 9.12. The topological polar surface area (TPSA) is 73.7 Å². The Bertz CT molecular complexity index is 912. The van der Waals surface area contributed by atoms with Crippen LogP contribution in [0.5, 0.6) is 0 Å². The number of ether oxygens (including phenoxy) is 3. The smallest absolute Gasteiger partial charge is 0.163 e. The zero-order valence-corrected chi connectivity index (χ0v) is 17.6. The number of nitrogens with zero attached hydrogens (tertiary/aromatic N) is 4. The van der Waals surface area contributed by atoms with Crippen molar-refractivity contribution in [2.24, 2.45) is 0 Å². The minimum atomic E-state index is -0.0460. The van der Waals surface area contributed by atoms with E-state index in [0.29, 0.717) is 18.1 Å². The third-order valence-corrected chi connectivity index (χ3v) is 7.03. The number of nitrogens with one attached hydrogen (secondary N) is 1. The molecule has 4 fully saturated rings. The number of fused-ring (bicyclic) bond motifs is 3. The summed E-state index contributed by atoms with van der Waals surface area (Å²) in [6.07, 6.45) is 5.56. The average Bonchev–Trinajstić information content (AvgIpc) is 3.35. The van der Waals surface area contributed by atoms with Crippen LogP contribution in [0.3, 0.4) is 0 Å². The minimum absolute atomic E-state index is 0.00883. The Morgan fingerprint density at radius 3 is 2.90 bits per heavy atom. The van der Waals surface area contributed by atoms with Crippen molar-refractivity contribution in [2.75, 3.05) is 37.9 Å². The van der Waals surface area contributed by atoms with Crippen LogP contribution in [-0.4, -0.2) is 65.9 Å². The van der Waals surface area contributed by atoms with Crippen molar-refractivity contribution in [3.05, 3.63) is 17.8 Å². The van der Waals surface area contributed by atoms with Crippen molar-refractivity contribution in [3.63, 3.8) is 0 Å². The van der Waals surface area contributed by atoms with Gasteiger partial charge in [0.15, 0.2) is 17.7 Å². The number of hydrogen-bond donors (Lipinski definition) is 1. The molecule has 0 amide bonds.